The molecule has 0 atom stereocenters. The lowest BCUT2D eigenvalue weighted by molar-refractivity contribution is -0.463. The summed E-state index contributed by atoms with van der Waals surface area (Å²) in [5.74, 6) is 1.48. The molecule has 0 saturated heterocycles. The van der Waals surface area contributed by atoms with Crippen molar-refractivity contribution < 1.29 is 4.58 Å². The highest BCUT2D eigenvalue weighted by molar-refractivity contribution is 6.12. The SMILES string of the molecule is C[N+](C)=C(C1=C(C2CC2)C2c3ccccc3C1c1ccccc12)c1ccccc1. The maximum Gasteiger partial charge on any atom is 0.210 e. The molecule has 0 spiro atoms. The van der Waals surface area contributed by atoms with E-state index < -0.39 is 0 Å². The largest absolute Gasteiger partial charge is 0.234 e. The van der Waals surface area contributed by atoms with E-state index in [4.69, 9.17) is 0 Å². The van der Waals surface area contributed by atoms with Crippen molar-refractivity contribution in [1.82, 2.24) is 0 Å². The standard InChI is InChI=1S/C28H26N/c1-29(2)28(19-10-4-3-5-11-19)27-24(18-16-17-18)25-20-12-6-8-14-22(20)26(27)23-15-9-7-13-21(23)25/h3-15,18,25-26H,16-17H2,1-2H3/q+1. The van der Waals surface area contributed by atoms with Crippen molar-refractivity contribution in [3.8, 4) is 0 Å². The first-order chi connectivity index (χ1) is 14.3. The van der Waals surface area contributed by atoms with Crippen molar-refractivity contribution in [2.45, 2.75) is 24.7 Å². The predicted molar refractivity (Wildman–Crippen MR) is 119 cm³/mol. The number of hydrogen-bond donors (Lipinski definition) is 0. The highest BCUT2D eigenvalue weighted by Crippen LogP contribution is 2.60. The van der Waals surface area contributed by atoms with Gasteiger partial charge in [0, 0.05) is 23.0 Å². The van der Waals surface area contributed by atoms with Gasteiger partial charge in [0.15, 0.2) is 0 Å². The monoisotopic (exact) mass is 376 g/mol. The van der Waals surface area contributed by atoms with Gasteiger partial charge in [-0.05, 0) is 58.7 Å². The first-order valence-corrected chi connectivity index (χ1v) is 10.8. The molecule has 4 aliphatic rings. The van der Waals surface area contributed by atoms with E-state index in [1.165, 1.54) is 46.4 Å². The van der Waals surface area contributed by atoms with Crippen molar-refractivity contribution in [3.63, 3.8) is 0 Å². The van der Waals surface area contributed by atoms with Crippen LogP contribution in [-0.4, -0.2) is 24.4 Å². The summed E-state index contributed by atoms with van der Waals surface area (Å²) in [5, 5.41) is 0. The van der Waals surface area contributed by atoms with Crippen LogP contribution in [0.4, 0.5) is 0 Å². The first kappa shape index (κ1) is 17.0. The second-order valence-corrected chi connectivity index (χ2v) is 8.88. The number of nitrogens with zero attached hydrogens (tertiary/aromatic N) is 1. The molecule has 2 bridgehead atoms. The summed E-state index contributed by atoms with van der Waals surface area (Å²) in [6.45, 7) is 0. The lowest BCUT2D eigenvalue weighted by atomic mass is 9.59. The normalized spacial score (nSPS) is 21.6. The van der Waals surface area contributed by atoms with Gasteiger partial charge in [-0.25, -0.2) is 4.58 Å². The maximum absolute atomic E-state index is 2.37. The number of rotatable bonds is 3. The molecular formula is C28H26N+. The summed E-state index contributed by atoms with van der Waals surface area (Å²) in [6.07, 6.45) is 2.67. The van der Waals surface area contributed by atoms with Gasteiger partial charge < -0.3 is 0 Å². The van der Waals surface area contributed by atoms with Gasteiger partial charge in [0.25, 0.3) is 0 Å². The van der Waals surface area contributed by atoms with Gasteiger partial charge in [0.05, 0.1) is 0 Å². The van der Waals surface area contributed by atoms with E-state index in [0.29, 0.717) is 11.8 Å². The fourth-order valence-corrected chi connectivity index (χ4v) is 5.75. The molecule has 0 radical (unpaired) electrons. The molecular weight excluding hydrogens is 350 g/mol. The van der Waals surface area contributed by atoms with E-state index in [1.807, 2.05) is 0 Å². The van der Waals surface area contributed by atoms with E-state index in [0.717, 1.165) is 5.92 Å². The molecule has 4 aliphatic carbocycles. The van der Waals surface area contributed by atoms with Gasteiger partial charge in [0.1, 0.15) is 14.1 Å². The zero-order valence-corrected chi connectivity index (χ0v) is 17.1. The second-order valence-electron chi connectivity index (χ2n) is 8.88. The Kier molecular flexibility index (Phi) is 3.68. The molecule has 1 saturated carbocycles. The Bertz CT molecular complexity index is 1130. The Balaban J connectivity index is 1.70. The van der Waals surface area contributed by atoms with Gasteiger partial charge in [-0.1, -0.05) is 66.7 Å². The summed E-state index contributed by atoms with van der Waals surface area (Å²) in [4.78, 5) is 0. The molecule has 29 heavy (non-hydrogen) atoms. The Morgan fingerprint density at radius 2 is 1.14 bits per heavy atom. The predicted octanol–water partition coefficient (Wildman–Crippen LogP) is 5.75. The molecule has 0 unspecified atom stereocenters. The van der Waals surface area contributed by atoms with Crippen LogP contribution in [0.15, 0.2) is 90.0 Å². The molecule has 1 heteroatoms. The first-order valence-electron chi connectivity index (χ1n) is 10.8. The quantitative estimate of drug-likeness (QED) is 0.405. The van der Waals surface area contributed by atoms with Gasteiger partial charge in [0.2, 0.25) is 5.71 Å². The third kappa shape index (κ3) is 2.43. The van der Waals surface area contributed by atoms with Crippen molar-refractivity contribution in [3.05, 3.63) is 118 Å². The minimum absolute atomic E-state index is 0.334. The third-order valence-corrected chi connectivity index (χ3v) is 6.91. The van der Waals surface area contributed by atoms with Crippen LogP contribution in [-0.2, 0) is 0 Å². The lowest BCUT2D eigenvalue weighted by Gasteiger charge is -2.43. The summed E-state index contributed by atoms with van der Waals surface area (Å²) in [7, 11) is 4.42. The maximum atomic E-state index is 2.37. The molecule has 3 aromatic rings. The van der Waals surface area contributed by atoms with Crippen LogP contribution < -0.4 is 0 Å². The number of hydrogen-bond acceptors (Lipinski definition) is 0. The third-order valence-electron chi connectivity index (χ3n) is 6.91. The van der Waals surface area contributed by atoms with E-state index >= 15 is 0 Å². The minimum atomic E-state index is 0.334. The number of allylic oxidation sites excluding steroid dienone is 2. The zero-order valence-electron chi connectivity index (χ0n) is 17.1. The van der Waals surface area contributed by atoms with Crippen molar-refractivity contribution >= 4 is 5.71 Å². The van der Waals surface area contributed by atoms with Crippen LogP contribution in [0.1, 0.15) is 52.5 Å². The molecule has 0 aliphatic heterocycles. The van der Waals surface area contributed by atoms with Gasteiger partial charge >= 0.3 is 0 Å². The van der Waals surface area contributed by atoms with E-state index in [2.05, 4.69) is 97.5 Å². The Hall–Kier alpha value is -2.93. The van der Waals surface area contributed by atoms with Crippen LogP contribution in [0.3, 0.4) is 0 Å². The minimum Gasteiger partial charge on any atom is -0.234 e. The average Bonchev–Trinajstić information content (AvgIpc) is 3.60. The van der Waals surface area contributed by atoms with Crippen molar-refractivity contribution in [2.75, 3.05) is 14.1 Å². The molecule has 1 fully saturated rings. The Morgan fingerprint density at radius 1 is 0.655 bits per heavy atom. The van der Waals surface area contributed by atoms with Crippen LogP contribution >= 0.6 is 0 Å². The summed E-state index contributed by atoms with van der Waals surface area (Å²) < 4.78 is 2.35. The Labute approximate surface area is 173 Å². The van der Waals surface area contributed by atoms with Crippen molar-refractivity contribution in [2.24, 2.45) is 5.92 Å². The highest BCUT2D eigenvalue weighted by Gasteiger charge is 2.49. The summed E-state index contributed by atoms with van der Waals surface area (Å²) >= 11 is 0. The fourth-order valence-electron chi connectivity index (χ4n) is 5.75. The summed E-state index contributed by atoms with van der Waals surface area (Å²) in [6, 6.07) is 29.3. The molecule has 0 N–H and O–H groups in total. The molecule has 3 aromatic carbocycles. The van der Waals surface area contributed by atoms with Crippen molar-refractivity contribution in [1.29, 1.82) is 0 Å². The van der Waals surface area contributed by atoms with Crippen LogP contribution in [0.5, 0.6) is 0 Å². The lowest BCUT2D eigenvalue weighted by Crippen LogP contribution is -2.34. The molecule has 0 amide bonds. The molecule has 0 aromatic heterocycles. The van der Waals surface area contributed by atoms with E-state index in [-0.39, 0.29) is 0 Å². The molecule has 142 valence electrons. The second kappa shape index (κ2) is 6.29. The van der Waals surface area contributed by atoms with E-state index in [9.17, 15) is 0 Å². The Morgan fingerprint density at radius 3 is 1.62 bits per heavy atom. The smallest absolute Gasteiger partial charge is 0.210 e. The highest BCUT2D eigenvalue weighted by atomic mass is 14.9. The zero-order chi connectivity index (χ0) is 19.5. The number of benzene rings is 3. The van der Waals surface area contributed by atoms with Gasteiger partial charge in [-0.3, -0.25) is 0 Å². The van der Waals surface area contributed by atoms with Crippen LogP contribution in [0.25, 0.3) is 0 Å². The van der Waals surface area contributed by atoms with E-state index in [1.54, 1.807) is 11.1 Å². The van der Waals surface area contributed by atoms with Crippen LogP contribution in [0.2, 0.25) is 0 Å². The topological polar surface area (TPSA) is 3.01 Å². The summed E-state index contributed by atoms with van der Waals surface area (Å²) in [5.41, 5.74) is 12.1. The molecule has 7 rings (SSSR count). The molecule has 1 nitrogen and oxygen atoms in total. The average molecular weight is 377 g/mol. The van der Waals surface area contributed by atoms with Gasteiger partial charge in [-0.2, -0.15) is 0 Å². The molecule has 0 heterocycles. The van der Waals surface area contributed by atoms with Crippen LogP contribution in [0, 0.1) is 5.92 Å². The van der Waals surface area contributed by atoms with Gasteiger partial charge in [-0.15, -0.1) is 0 Å². The fraction of sp³-hybridized carbons (Fsp3) is 0.250.